The molecule has 1 aromatic heterocycles. The van der Waals surface area contributed by atoms with Crippen LogP contribution in [0.3, 0.4) is 0 Å². The fourth-order valence-electron chi connectivity index (χ4n) is 2.42. The summed E-state index contributed by atoms with van der Waals surface area (Å²) in [6, 6.07) is 2.39. The van der Waals surface area contributed by atoms with Crippen molar-refractivity contribution in [2.75, 3.05) is 6.54 Å². The lowest BCUT2D eigenvalue weighted by Gasteiger charge is -2.12. The highest BCUT2D eigenvalue weighted by molar-refractivity contribution is 9.10. The van der Waals surface area contributed by atoms with Crippen LogP contribution in [0.15, 0.2) is 16.7 Å². The summed E-state index contributed by atoms with van der Waals surface area (Å²) in [4.78, 5) is 23.3. The monoisotopic (exact) mass is 325 g/mol. The summed E-state index contributed by atoms with van der Waals surface area (Å²) in [5.41, 5.74) is 0.693. The van der Waals surface area contributed by atoms with Gasteiger partial charge in [0.2, 0.25) is 5.91 Å². The Kier molecular flexibility index (Phi) is 3.35. The van der Waals surface area contributed by atoms with Crippen LogP contribution in [0.2, 0.25) is 0 Å². The van der Waals surface area contributed by atoms with Crippen molar-refractivity contribution in [1.82, 2.24) is 15.2 Å². The van der Waals surface area contributed by atoms with E-state index in [4.69, 9.17) is 0 Å². The summed E-state index contributed by atoms with van der Waals surface area (Å²) in [6.07, 6.45) is 5.60. The molecule has 2 amide bonds. The Labute approximate surface area is 119 Å². The Hall–Kier alpha value is -1.30. The molecule has 0 spiro atoms. The molecule has 2 aliphatic rings. The maximum atomic E-state index is 12.2. The number of aromatic nitrogens is 1. The summed E-state index contributed by atoms with van der Waals surface area (Å²) >= 11 is 3.41. The summed E-state index contributed by atoms with van der Waals surface area (Å²) in [7, 11) is 0. The first kappa shape index (κ1) is 12.7. The molecule has 1 saturated heterocycles. The lowest BCUT2D eigenvalue weighted by Crippen LogP contribution is -2.38. The van der Waals surface area contributed by atoms with Gasteiger partial charge in [-0.25, -0.2) is 0 Å². The predicted molar refractivity (Wildman–Crippen MR) is 73.9 cm³/mol. The van der Waals surface area contributed by atoms with Crippen LogP contribution in [0.1, 0.15) is 42.2 Å². The Bertz CT molecular complexity index is 522. The minimum atomic E-state index is -0.0706. The molecular weight excluding hydrogens is 310 g/mol. The van der Waals surface area contributed by atoms with Crippen molar-refractivity contribution >= 4 is 27.7 Å². The molecule has 2 fully saturated rings. The first-order chi connectivity index (χ1) is 9.13. The third kappa shape index (κ3) is 2.83. The average Bonchev–Trinajstić information content (AvgIpc) is 3.03. The van der Waals surface area contributed by atoms with Gasteiger partial charge < -0.3 is 15.2 Å². The molecule has 0 aromatic carbocycles. The van der Waals surface area contributed by atoms with Crippen LogP contribution < -0.4 is 10.6 Å². The van der Waals surface area contributed by atoms with E-state index in [0.29, 0.717) is 24.7 Å². The van der Waals surface area contributed by atoms with Gasteiger partial charge in [0.05, 0.1) is 0 Å². The number of hydrogen-bond donors (Lipinski definition) is 2. The van der Waals surface area contributed by atoms with E-state index in [1.54, 1.807) is 0 Å². The molecule has 1 unspecified atom stereocenters. The molecule has 102 valence electrons. The molecular formula is C13H16BrN3O2. The minimum Gasteiger partial charge on any atom is -0.352 e. The normalized spacial score (nSPS) is 22.4. The van der Waals surface area contributed by atoms with Gasteiger partial charge in [0, 0.05) is 35.7 Å². The maximum absolute atomic E-state index is 12.2. The minimum absolute atomic E-state index is 0.0706. The van der Waals surface area contributed by atoms with Gasteiger partial charge in [-0.15, -0.1) is 0 Å². The van der Waals surface area contributed by atoms with E-state index in [2.05, 4.69) is 26.6 Å². The zero-order valence-electron chi connectivity index (χ0n) is 10.5. The van der Waals surface area contributed by atoms with E-state index in [9.17, 15) is 9.59 Å². The number of rotatable bonds is 4. The van der Waals surface area contributed by atoms with Crippen LogP contribution >= 0.6 is 15.9 Å². The van der Waals surface area contributed by atoms with E-state index < -0.39 is 0 Å². The first-order valence-electron chi connectivity index (χ1n) is 6.58. The summed E-state index contributed by atoms with van der Waals surface area (Å²) in [6.45, 7) is 0.498. The van der Waals surface area contributed by atoms with Crippen LogP contribution in [0.4, 0.5) is 0 Å². The second-order valence-electron chi connectivity index (χ2n) is 5.20. The van der Waals surface area contributed by atoms with Gasteiger partial charge in [0.1, 0.15) is 5.69 Å². The lowest BCUT2D eigenvalue weighted by molar-refractivity contribution is -0.119. The molecule has 1 aliphatic heterocycles. The second kappa shape index (κ2) is 5.00. The van der Waals surface area contributed by atoms with E-state index in [0.717, 1.165) is 23.7 Å². The van der Waals surface area contributed by atoms with Crippen molar-refractivity contribution < 1.29 is 9.59 Å². The van der Waals surface area contributed by atoms with Crippen molar-refractivity contribution in [2.24, 2.45) is 0 Å². The van der Waals surface area contributed by atoms with Gasteiger partial charge in [-0.1, -0.05) is 0 Å². The summed E-state index contributed by atoms with van der Waals surface area (Å²) in [5.74, 6) is 0.00194. The standard InChI is InChI=1S/C13H16BrN3O2/c14-8-5-11(17(7-8)10-2-3-10)13(19)15-6-9-1-4-12(18)16-9/h5,7,9-10H,1-4,6H2,(H,15,19)(H,16,18). The molecule has 5 nitrogen and oxygen atoms in total. The molecule has 6 heteroatoms. The van der Waals surface area contributed by atoms with Crippen molar-refractivity contribution in [2.45, 2.75) is 37.8 Å². The predicted octanol–water partition coefficient (Wildman–Crippen LogP) is 1.59. The van der Waals surface area contributed by atoms with Crippen LogP contribution in [-0.4, -0.2) is 29.0 Å². The van der Waals surface area contributed by atoms with Gasteiger partial charge in [0.15, 0.2) is 0 Å². The lowest BCUT2D eigenvalue weighted by atomic mass is 10.2. The topological polar surface area (TPSA) is 63.1 Å². The number of halogens is 1. The van der Waals surface area contributed by atoms with Crippen LogP contribution in [0.25, 0.3) is 0 Å². The van der Waals surface area contributed by atoms with Gasteiger partial charge in [0.25, 0.3) is 5.91 Å². The summed E-state index contributed by atoms with van der Waals surface area (Å²) in [5, 5.41) is 5.75. The highest BCUT2D eigenvalue weighted by Crippen LogP contribution is 2.37. The number of carbonyl (C=O) groups excluding carboxylic acids is 2. The number of nitrogens with one attached hydrogen (secondary N) is 2. The van der Waals surface area contributed by atoms with Crippen molar-refractivity contribution in [3.8, 4) is 0 Å². The van der Waals surface area contributed by atoms with E-state index in [-0.39, 0.29) is 17.9 Å². The van der Waals surface area contributed by atoms with E-state index in [1.165, 1.54) is 0 Å². The zero-order valence-corrected chi connectivity index (χ0v) is 12.1. The highest BCUT2D eigenvalue weighted by Gasteiger charge is 2.28. The first-order valence-corrected chi connectivity index (χ1v) is 7.38. The quantitative estimate of drug-likeness (QED) is 0.883. The average molecular weight is 326 g/mol. The third-order valence-corrected chi connectivity index (χ3v) is 4.02. The second-order valence-corrected chi connectivity index (χ2v) is 6.11. The molecule has 19 heavy (non-hydrogen) atoms. The number of hydrogen-bond acceptors (Lipinski definition) is 2. The van der Waals surface area contributed by atoms with Gasteiger partial charge in [-0.3, -0.25) is 9.59 Å². The molecule has 2 heterocycles. The van der Waals surface area contributed by atoms with Crippen LogP contribution in [-0.2, 0) is 4.79 Å². The smallest absolute Gasteiger partial charge is 0.268 e. The third-order valence-electron chi connectivity index (χ3n) is 3.58. The molecule has 1 aliphatic carbocycles. The number of nitrogens with zero attached hydrogens (tertiary/aromatic N) is 1. The molecule has 0 bridgehead atoms. The largest absolute Gasteiger partial charge is 0.352 e. The Morgan fingerprint density at radius 1 is 1.47 bits per heavy atom. The number of amides is 2. The van der Waals surface area contributed by atoms with Crippen molar-refractivity contribution in [3.05, 3.63) is 22.4 Å². The van der Waals surface area contributed by atoms with Crippen molar-refractivity contribution in [3.63, 3.8) is 0 Å². The maximum Gasteiger partial charge on any atom is 0.268 e. The van der Waals surface area contributed by atoms with Crippen LogP contribution in [0, 0.1) is 0 Å². The number of carbonyl (C=O) groups is 2. The fraction of sp³-hybridized carbons (Fsp3) is 0.538. The zero-order chi connectivity index (χ0) is 13.4. The fourth-order valence-corrected chi connectivity index (χ4v) is 2.86. The Balaban J connectivity index is 1.62. The van der Waals surface area contributed by atoms with Gasteiger partial charge in [-0.05, 0) is 41.3 Å². The SMILES string of the molecule is O=C1CCC(CNC(=O)c2cc(Br)cn2C2CC2)N1. The molecule has 1 saturated carbocycles. The van der Waals surface area contributed by atoms with Gasteiger partial charge in [-0.2, -0.15) is 0 Å². The molecule has 0 radical (unpaired) electrons. The van der Waals surface area contributed by atoms with Gasteiger partial charge >= 0.3 is 0 Å². The molecule has 2 N–H and O–H groups in total. The summed E-state index contributed by atoms with van der Waals surface area (Å²) < 4.78 is 2.96. The Morgan fingerprint density at radius 3 is 2.89 bits per heavy atom. The van der Waals surface area contributed by atoms with E-state index in [1.807, 2.05) is 16.8 Å². The molecule has 1 aromatic rings. The van der Waals surface area contributed by atoms with Crippen LogP contribution in [0.5, 0.6) is 0 Å². The highest BCUT2D eigenvalue weighted by atomic mass is 79.9. The molecule has 1 atom stereocenters. The Morgan fingerprint density at radius 2 is 2.26 bits per heavy atom. The van der Waals surface area contributed by atoms with Crippen molar-refractivity contribution in [1.29, 1.82) is 0 Å². The van der Waals surface area contributed by atoms with E-state index >= 15 is 0 Å². The molecule has 3 rings (SSSR count).